The maximum atomic E-state index is 8.74. The van der Waals surface area contributed by atoms with Crippen molar-refractivity contribution >= 4 is 20.8 Å². The molecule has 0 atom stereocenters. The maximum Gasteiger partial charge on any atom is 0.394 e. The van der Waals surface area contributed by atoms with Crippen molar-refractivity contribution in [1.29, 1.82) is 0 Å². The topological polar surface area (TPSA) is 190 Å². The lowest BCUT2D eigenvalue weighted by Gasteiger charge is -1.91. The van der Waals surface area contributed by atoms with E-state index in [1.807, 2.05) is 0 Å². The van der Waals surface area contributed by atoms with Crippen LogP contribution >= 0.6 is 0 Å². The minimum absolute atomic E-state index is 0.0764. The highest BCUT2D eigenvalue weighted by molar-refractivity contribution is 7.80. The number of phenols is 2. The smallest absolute Gasteiger partial charge is 0.394 e. The molecule has 0 radical (unpaired) electrons. The summed E-state index contributed by atoms with van der Waals surface area (Å²) >= 11 is 0. The van der Waals surface area contributed by atoms with Crippen LogP contribution in [0.25, 0.3) is 0 Å². The normalized spacial score (nSPS) is 10.4. The van der Waals surface area contributed by atoms with Gasteiger partial charge in [0.1, 0.15) is 0 Å². The molecule has 0 bridgehead atoms. The number of phenolic OH excluding ortho intramolecular Hbond substituents is 2. The molecule has 0 aliphatic rings. The molecule has 0 saturated heterocycles. The molecule has 0 heterocycles. The van der Waals surface area contributed by atoms with Crippen LogP contribution in [0.4, 0.5) is 0 Å². The summed E-state index contributed by atoms with van der Waals surface area (Å²) in [4.78, 5) is 0. The first-order chi connectivity index (χ1) is 7.80. The maximum absolute atomic E-state index is 8.74. The van der Waals surface area contributed by atoms with E-state index in [9.17, 15) is 0 Å². The van der Waals surface area contributed by atoms with Crippen molar-refractivity contribution in [3.05, 3.63) is 24.3 Å². The summed E-state index contributed by atoms with van der Waals surface area (Å²) in [5, 5.41) is 17.3. The van der Waals surface area contributed by atoms with Crippen LogP contribution in [0.2, 0.25) is 0 Å². The lowest BCUT2D eigenvalue weighted by Crippen LogP contribution is -1.89. The average Bonchev–Trinajstić information content (AvgIpc) is 2.04. The van der Waals surface area contributed by atoms with E-state index in [2.05, 4.69) is 0 Å². The summed E-state index contributed by atoms with van der Waals surface area (Å²) in [5.74, 6) is -0.153. The molecule has 12 heteroatoms. The van der Waals surface area contributed by atoms with Crippen molar-refractivity contribution < 1.29 is 45.3 Å². The number of aromatic hydroxyl groups is 2. The van der Waals surface area contributed by atoms with Crippen LogP contribution in [0.5, 0.6) is 11.5 Å². The van der Waals surface area contributed by atoms with E-state index in [0.717, 1.165) is 0 Å². The molecule has 10 nitrogen and oxygen atoms in total. The Bertz CT molecular complexity index is 478. The van der Waals surface area contributed by atoms with Crippen LogP contribution in [0.1, 0.15) is 0 Å². The number of hydrogen-bond donors (Lipinski definition) is 6. The molecular weight excluding hydrogens is 296 g/mol. The van der Waals surface area contributed by atoms with E-state index in [-0.39, 0.29) is 11.5 Å². The highest BCUT2D eigenvalue weighted by Crippen LogP contribution is 2.21. The fraction of sp³-hybridized carbons (Fsp3) is 0. The van der Waals surface area contributed by atoms with Gasteiger partial charge in [-0.2, -0.15) is 16.8 Å². The van der Waals surface area contributed by atoms with Crippen molar-refractivity contribution in [3.63, 3.8) is 0 Å². The fourth-order valence-corrected chi connectivity index (χ4v) is 0.464. The van der Waals surface area contributed by atoms with Crippen LogP contribution in [0.15, 0.2) is 24.3 Å². The number of hydrogen-bond acceptors (Lipinski definition) is 6. The third-order valence-corrected chi connectivity index (χ3v) is 0.882. The summed E-state index contributed by atoms with van der Waals surface area (Å²) in [6.07, 6.45) is 0. The van der Waals surface area contributed by atoms with Gasteiger partial charge in [0, 0.05) is 0 Å². The lowest BCUT2D eigenvalue weighted by molar-refractivity contribution is 0.378. The third kappa shape index (κ3) is 29.3. The highest BCUT2D eigenvalue weighted by Gasteiger charge is 1.90. The highest BCUT2D eigenvalue weighted by atomic mass is 32.3. The first-order valence-electron chi connectivity index (χ1n) is 3.67. The Kier molecular flexibility index (Phi) is 8.20. The van der Waals surface area contributed by atoms with Gasteiger partial charge in [-0.3, -0.25) is 18.2 Å². The largest absolute Gasteiger partial charge is 0.504 e. The number of benzene rings is 1. The van der Waals surface area contributed by atoms with Gasteiger partial charge in [0.25, 0.3) is 0 Å². The first-order valence-corrected chi connectivity index (χ1v) is 6.47. The second-order valence-electron chi connectivity index (χ2n) is 2.38. The number of rotatable bonds is 0. The van der Waals surface area contributed by atoms with Gasteiger partial charge >= 0.3 is 20.8 Å². The van der Waals surface area contributed by atoms with Crippen LogP contribution in [-0.4, -0.2) is 45.3 Å². The van der Waals surface area contributed by atoms with E-state index in [1.165, 1.54) is 12.1 Å². The van der Waals surface area contributed by atoms with Gasteiger partial charge in [0.05, 0.1) is 0 Å². The fourth-order valence-electron chi connectivity index (χ4n) is 0.464. The zero-order valence-electron chi connectivity index (χ0n) is 8.44. The molecule has 0 fully saturated rings. The molecule has 0 unspecified atom stereocenters. The Hall–Kier alpha value is -1.44. The zero-order chi connectivity index (χ0) is 15.0. The molecular formula is C6H10O10S2. The molecule has 1 aromatic carbocycles. The van der Waals surface area contributed by atoms with Crippen molar-refractivity contribution in [1.82, 2.24) is 0 Å². The summed E-state index contributed by atoms with van der Waals surface area (Å²) in [7, 11) is -9.33. The molecule has 0 saturated carbocycles. The van der Waals surface area contributed by atoms with E-state index in [0.29, 0.717) is 0 Å². The summed E-state index contributed by atoms with van der Waals surface area (Å²) < 4.78 is 63.2. The van der Waals surface area contributed by atoms with Crippen LogP contribution in [0, 0.1) is 0 Å². The molecule has 18 heavy (non-hydrogen) atoms. The second-order valence-corrected chi connectivity index (χ2v) is 4.18. The summed E-state index contributed by atoms with van der Waals surface area (Å²) in [6, 6.07) is 6.15. The van der Waals surface area contributed by atoms with Gasteiger partial charge in [-0.25, -0.2) is 0 Å². The molecule has 0 spiro atoms. The zero-order valence-corrected chi connectivity index (χ0v) is 10.1. The van der Waals surface area contributed by atoms with Gasteiger partial charge in [-0.05, 0) is 12.1 Å². The van der Waals surface area contributed by atoms with Gasteiger partial charge in [0.2, 0.25) is 0 Å². The van der Waals surface area contributed by atoms with Crippen molar-refractivity contribution in [2.45, 2.75) is 0 Å². The van der Waals surface area contributed by atoms with Gasteiger partial charge in [-0.15, -0.1) is 0 Å². The second kappa shape index (κ2) is 7.80. The Balaban J connectivity index is 0. The molecule has 6 N–H and O–H groups in total. The lowest BCUT2D eigenvalue weighted by atomic mass is 10.3. The summed E-state index contributed by atoms with van der Waals surface area (Å²) in [6.45, 7) is 0. The van der Waals surface area contributed by atoms with Crippen LogP contribution in [0.3, 0.4) is 0 Å². The minimum atomic E-state index is -4.67. The van der Waals surface area contributed by atoms with Gasteiger partial charge < -0.3 is 10.2 Å². The molecule has 0 aliphatic carbocycles. The van der Waals surface area contributed by atoms with E-state index >= 15 is 0 Å². The average molecular weight is 306 g/mol. The molecule has 0 aromatic heterocycles. The van der Waals surface area contributed by atoms with E-state index in [1.54, 1.807) is 12.1 Å². The quantitative estimate of drug-likeness (QED) is 0.276. The summed E-state index contributed by atoms with van der Waals surface area (Å²) in [5.41, 5.74) is 0. The molecule has 1 aromatic rings. The molecule has 0 aliphatic heterocycles. The Labute approximate surface area is 102 Å². The number of para-hydroxylation sites is 2. The van der Waals surface area contributed by atoms with Crippen molar-refractivity contribution in [3.8, 4) is 11.5 Å². The monoisotopic (exact) mass is 306 g/mol. The Morgan fingerprint density at radius 1 is 0.667 bits per heavy atom. The van der Waals surface area contributed by atoms with Gasteiger partial charge in [0.15, 0.2) is 11.5 Å². The van der Waals surface area contributed by atoms with Crippen molar-refractivity contribution in [2.24, 2.45) is 0 Å². The standard InChI is InChI=1S/C6H6O2.2H2O4S/c7-5-3-1-2-4-6(5)8;2*1-5(2,3)4/h1-4,7-8H;2*(H2,1,2,3,4). The predicted octanol–water partition coefficient (Wildman–Crippen LogP) is -0.208. The van der Waals surface area contributed by atoms with E-state index in [4.69, 9.17) is 45.3 Å². The Morgan fingerprint density at radius 2 is 0.833 bits per heavy atom. The molecule has 0 amide bonds. The van der Waals surface area contributed by atoms with Crippen LogP contribution in [-0.2, 0) is 20.8 Å². The van der Waals surface area contributed by atoms with Gasteiger partial charge in [-0.1, -0.05) is 12.1 Å². The predicted molar refractivity (Wildman–Crippen MR) is 58.1 cm³/mol. The minimum Gasteiger partial charge on any atom is -0.504 e. The van der Waals surface area contributed by atoms with E-state index < -0.39 is 20.8 Å². The first kappa shape index (κ1) is 18.9. The molecule has 106 valence electrons. The van der Waals surface area contributed by atoms with Crippen LogP contribution < -0.4 is 0 Å². The molecule has 1 rings (SSSR count). The Morgan fingerprint density at radius 3 is 0.944 bits per heavy atom. The van der Waals surface area contributed by atoms with Crippen molar-refractivity contribution in [2.75, 3.05) is 0 Å². The third-order valence-electron chi connectivity index (χ3n) is 0.882. The SMILES string of the molecule is O=S(=O)(O)O.O=S(=O)(O)O.Oc1ccccc1O.